The molecule has 1 heterocycles. The summed E-state index contributed by atoms with van der Waals surface area (Å²) >= 11 is 0. The molecular weight excluding hydrogens is 638 g/mol. The van der Waals surface area contributed by atoms with Gasteiger partial charge in [-0.3, -0.25) is 38.4 Å². The lowest BCUT2D eigenvalue weighted by molar-refractivity contribution is -0.330. The number of hydrogen-bond donors (Lipinski definition) is 0. The Balaban J connectivity index is 3.99. The maximum atomic E-state index is 12.3. The standard InChI is InChI=1S/C28H37NO18/c1-12(30)38-10-21(41-15(4)33)24(23(42-16(5)34)20(9-29)40-14(3)32)47-28-27(45-19(8)37)26(44-18(7)36)25(43-17(6)35)22(46-28)11-39-13(2)31/h20-28H,10-11H2,1-8H3/t20-,21+,22-,23+,24-,25-,26+,27-,28+/m1/s1. The molecule has 19 heteroatoms. The molecule has 0 aromatic carbocycles. The molecule has 1 aliphatic rings. The van der Waals surface area contributed by atoms with E-state index in [9.17, 15) is 43.6 Å². The number of nitriles is 1. The third kappa shape index (κ3) is 14.0. The topological polar surface area (TPSA) is 253 Å². The number of carbonyl (C=O) groups is 8. The molecule has 19 nitrogen and oxygen atoms in total. The zero-order chi connectivity index (χ0) is 36.0. The minimum Gasteiger partial charge on any atom is -0.463 e. The normalized spacial score (nSPS) is 22.7. The van der Waals surface area contributed by atoms with Gasteiger partial charge < -0.3 is 47.4 Å². The summed E-state index contributed by atoms with van der Waals surface area (Å²) in [5.41, 5.74) is 0. The quantitative estimate of drug-likeness (QED) is 0.154. The van der Waals surface area contributed by atoms with E-state index >= 15 is 0 Å². The second-order valence-electron chi connectivity index (χ2n) is 9.85. The fourth-order valence-electron chi connectivity index (χ4n) is 4.28. The fourth-order valence-corrected chi connectivity index (χ4v) is 4.28. The molecule has 0 amide bonds. The van der Waals surface area contributed by atoms with E-state index in [1.54, 1.807) is 6.07 Å². The molecule has 0 saturated carbocycles. The third-order valence-corrected chi connectivity index (χ3v) is 5.72. The van der Waals surface area contributed by atoms with Crippen LogP contribution in [-0.4, -0.2) is 116 Å². The van der Waals surface area contributed by atoms with Crippen molar-refractivity contribution in [2.45, 2.75) is 111 Å². The van der Waals surface area contributed by atoms with Gasteiger partial charge in [0.25, 0.3) is 0 Å². The van der Waals surface area contributed by atoms with Crippen LogP contribution in [0.5, 0.6) is 0 Å². The highest BCUT2D eigenvalue weighted by Gasteiger charge is 2.55. The highest BCUT2D eigenvalue weighted by atomic mass is 16.8. The summed E-state index contributed by atoms with van der Waals surface area (Å²) in [7, 11) is 0. The van der Waals surface area contributed by atoms with Gasteiger partial charge in [0.05, 0.1) is 0 Å². The Morgan fingerprint density at radius 1 is 0.596 bits per heavy atom. The number of hydrogen-bond acceptors (Lipinski definition) is 19. The summed E-state index contributed by atoms with van der Waals surface area (Å²) in [4.78, 5) is 96.1. The van der Waals surface area contributed by atoms with E-state index < -0.39 is 116 Å². The molecule has 0 radical (unpaired) electrons. The van der Waals surface area contributed by atoms with Gasteiger partial charge in [0.1, 0.15) is 31.5 Å². The second kappa shape index (κ2) is 19.0. The molecule has 47 heavy (non-hydrogen) atoms. The van der Waals surface area contributed by atoms with E-state index in [0.29, 0.717) is 0 Å². The largest absolute Gasteiger partial charge is 0.463 e. The van der Waals surface area contributed by atoms with Gasteiger partial charge in [-0.05, 0) is 0 Å². The van der Waals surface area contributed by atoms with Gasteiger partial charge in [-0.2, -0.15) is 5.26 Å². The monoisotopic (exact) mass is 675 g/mol. The van der Waals surface area contributed by atoms with Crippen LogP contribution in [0.25, 0.3) is 0 Å². The molecule has 0 unspecified atom stereocenters. The SMILES string of the molecule is CC(=O)OC[C@H](OC(C)=O)[C@@H](O[C@@H]1O[C@H](COC(C)=O)[C@@H](OC(C)=O)[C@H](OC(C)=O)[C@H]1OC(C)=O)[C@@H](OC(C)=O)[C@@H](C#N)OC(C)=O. The Kier molecular flexibility index (Phi) is 16.2. The van der Waals surface area contributed by atoms with Gasteiger partial charge in [-0.15, -0.1) is 0 Å². The fraction of sp³-hybridized carbons (Fsp3) is 0.679. The Bertz CT molecular complexity index is 1230. The van der Waals surface area contributed by atoms with Gasteiger partial charge in [0.2, 0.25) is 6.10 Å². The van der Waals surface area contributed by atoms with Gasteiger partial charge >= 0.3 is 47.8 Å². The van der Waals surface area contributed by atoms with Crippen molar-refractivity contribution in [2.75, 3.05) is 13.2 Å². The van der Waals surface area contributed by atoms with Crippen molar-refractivity contribution in [2.24, 2.45) is 0 Å². The Morgan fingerprint density at radius 2 is 1.09 bits per heavy atom. The van der Waals surface area contributed by atoms with Crippen molar-refractivity contribution in [3.05, 3.63) is 0 Å². The molecule has 1 saturated heterocycles. The zero-order valence-corrected chi connectivity index (χ0v) is 26.9. The van der Waals surface area contributed by atoms with E-state index in [4.69, 9.17) is 47.4 Å². The number of rotatable bonds is 15. The van der Waals surface area contributed by atoms with Crippen molar-refractivity contribution in [1.82, 2.24) is 0 Å². The molecule has 0 spiro atoms. The van der Waals surface area contributed by atoms with Crippen LogP contribution >= 0.6 is 0 Å². The van der Waals surface area contributed by atoms with Crippen molar-refractivity contribution in [3.63, 3.8) is 0 Å². The lowest BCUT2D eigenvalue weighted by Crippen LogP contribution is -2.65. The smallest absolute Gasteiger partial charge is 0.304 e. The van der Waals surface area contributed by atoms with E-state index in [0.717, 1.165) is 55.4 Å². The second-order valence-corrected chi connectivity index (χ2v) is 9.85. The molecule has 0 aromatic heterocycles. The van der Waals surface area contributed by atoms with Gasteiger partial charge in [-0.25, -0.2) is 0 Å². The van der Waals surface area contributed by atoms with Crippen molar-refractivity contribution in [3.8, 4) is 6.07 Å². The van der Waals surface area contributed by atoms with Crippen molar-refractivity contribution in [1.29, 1.82) is 5.26 Å². The minimum atomic E-state index is -1.97. The molecule has 9 atom stereocenters. The highest BCUT2D eigenvalue weighted by molar-refractivity contribution is 5.70. The summed E-state index contributed by atoms with van der Waals surface area (Å²) < 4.78 is 53.6. The molecule has 0 aromatic rings. The lowest BCUT2D eigenvalue weighted by Gasteiger charge is -2.46. The maximum absolute atomic E-state index is 12.3. The van der Waals surface area contributed by atoms with Crippen molar-refractivity contribution >= 4 is 47.8 Å². The van der Waals surface area contributed by atoms with Gasteiger partial charge in [0.15, 0.2) is 36.8 Å². The molecule has 1 fully saturated rings. The zero-order valence-electron chi connectivity index (χ0n) is 26.9. The maximum Gasteiger partial charge on any atom is 0.304 e. The van der Waals surface area contributed by atoms with Crippen LogP contribution in [0.15, 0.2) is 0 Å². The Morgan fingerprint density at radius 3 is 1.53 bits per heavy atom. The van der Waals surface area contributed by atoms with Gasteiger partial charge in [0, 0.05) is 55.4 Å². The van der Waals surface area contributed by atoms with Crippen molar-refractivity contribution < 1.29 is 85.7 Å². The third-order valence-electron chi connectivity index (χ3n) is 5.72. The summed E-state index contributed by atoms with van der Waals surface area (Å²) in [6.45, 7) is 6.40. The van der Waals surface area contributed by atoms with E-state index in [1.807, 2.05) is 0 Å². The average molecular weight is 676 g/mol. The average Bonchev–Trinajstić information content (AvgIpc) is 2.92. The number of ether oxygens (including phenoxy) is 10. The lowest BCUT2D eigenvalue weighted by atomic mass is 9.97. The summed E-state index contributed by atoms with van der Waals surface area (Å²) in [6.07, 6.45) is -16.2. The van der Waals surface area contributed by atoms with E-state index in [1.165, 1.54) is 0 Å². The Hall–Kier alpha value is -4.83. The first-order valence-electron chi connectivity index (χ1n) is 13.9. The van der Waals surface area contributed by atoms with Crippen LogP contribution in [-0.2, 0) is 85.7 Å². The molecule has 0 N–H and O–H groups in total. The highest BCUT2D eigenvalue weighted by Crippen LogP contribution is 2.32. The number of carbonyl (C=O) groups excluding carboxylic acids is 8. The molecular formula is C28H37NO18. The van der Waals surface area contributed by atoms with Crippen LogP contribution in [0.4, 0.5) is 0 Å². The van der Waals surface area contributed by atoms with Crippen LogP contribution in [0.1, 0.15) is 55.4 Å². The van der Waals surface area contributed by atoms with E-state index in [2.05, 4.69) is 0 Å². The number of nitrogens with zero attached hydrogens (tertiary/aromatic N) is 1. The van der Waals surface area contributed by atoms with Crippen LogP contribution in [0.3, 0.4) is 0 Å². The Labute approximate surface area is 268 Å². The predicted octanol–water partition coefficient (Wildman–Crippen LogP) is -0.664. The minimum absolute atomic E-state index is 0.648. The first kappa shape index (κ1) is 40.2. The van der Waals surface area contributed by atoms with Crippen LogP contribution in [0.2, 0.25) is 0 Å². The first-order valence-corrected chi connectivity index (χ1v) is 13.9. The molecule has 262 valence electrons. The van der Waals surface area contributed by atoms with Crippen LogP contribution in [0, 0.1) is 11.3 Å². The molecule has 0 bridgehead atoms. The summed E-state index contributed by atoms with van der Waals surface area (Å²) in [5, 5.41) is 9.87. The molecule has 1 aliphatic heterocycles. The summed E-state index contributed by atoms with van der Waals surface area (Å²) in [5.74, 6) is -7.58. The van der Waals surface area contributed by atoms with Crippen LogP contribution < -0.4 is 0 Å². The summed E-state index contributed by atoms with van der Waals surface area (Å²) in [6, 6.07) is 1.62. The molecule has 0 aliphatic carbocycles. The predicted molar refractivity (Wildman–Crippen MR) is 146 cm³/mol. The first-order chi connectivity index (χ1) is 21.9. The number of esters is 8. The van der Waals surface area contributed by atoms with Gasteiger partial charge in [-0.1, -0.05) is 0 Å². The molecule has 1 rings (SSSR count). The van der Waals surface area contributed by atoms with E-state index in [-0.39, 0.29) is 0 Å².